The number of carbonyl (C=O) groups is 1. The average molecular weight is 324 g/mol. The van der Waals surface area contributed by atoms with Crippen molar-refractivity contribution < 1.29 is 13.2 Å². The Morgan fingerprint density at radius 2 is 2.05 bits per heavy atom. The van der Waals surface area contributed by atoms with Crippen LogP contribution < -0.4 is 5.32 Å². The van der Waals surface area contributed by atoms with Crippen molar-refractivity contribution in [2.45, 2.75) is 26.4 Å². The Balaban J connectivity index is 2.03. The number of hydrogen-bond donors (Lipinski definition) is 1. The quantitative estimate of drug-likeness (QED) is 0.874. The van der Waals surface area contributed by atoms with Crippen molar-refractivity contribution in [3.05, 3.63) is 36.3 Å². The van der Waals surface area contributed by atoms with Gasteiger partial charge in [0, 0.05) is 30.8 Å². The van der Waals surface area contributed by atoms with E-state index in [1.807, 2.05) is 30.7 Å². The number of nitrogens with zero attached hydrogens (tertiary/aromatic N) is 3. The zero-order valence-corrected chi connectivity index (χ0v) is 13.7. The van der Waals surface area contributed by atoms with E-state index in [2.05, 4.69) is 10.4 Å². The summed E-state index contributed by atoms with van der Waals surface area (Å²) in [4.78, 5) is 12.2. The van der Waals surface area contributed by atoms with Crippen LogP contribution >= 0.6 is 0 Å². The molecule has 2 aromatic heterocycles. The van der Waals surface area contributed by atoms with Gasteiger partial charge in [0.25, 0.3) is 5.91 Å². The van der Waals surface area contributed by atoms with Gasteiger partial charge in [-0.3, -0.25) is 9.48 Å². The Morgan fingerprint density at radius 3 is 2.68 bits per heavy atom. The fourth-order valence-corrected chi connectivity index (χ4v) is 2.55. The van der Waals surface area contributed by atoms with Crippen LogP contribution in [0.2, 0.25) is 0 Å². The molecule has 0 unspecified atom stereocenters. The highest BCUT2D eigenvalue weighted by Crippen LogP contribution is 2.13. The van der Waals surface area contributed by atoms with Crippen LogP contribution in [0.1, 0.15) is 30.4 Å². The first-order valence-corrected chi connectivity index (χ1v) is 9.01. The summed E-state index contributed by atoms with van der Waals surface area (Å²) in [5, 5.41) is 6.86. The predicted octanol–water partition coefficient (Wildman–Crippen LogP) is 1.56. The minimum Gasteiger partial charge on any atom is -0.341 e. The van der Waals surface area contributed by atoms with Crippen LogP contribution in [0.3, 0.4) is 0 Å². The number of rotatable bonds is 6. The molecular weight excluding hydrogens is 304 g/mol. The Bertz CT molecular complexity index is 759. The third kappa shape index (κ3) is 4.20. The lowest BCUT2D eigenvalue weighted by Crippen LogP contribution is -2.18. The van der Waals surface area contributed by atoms with Crippen molar-refractivity contribution in [3.63, 3.8) is 0 Å². The Morgan fingerprint density at radius 1 is 1.32 bits per heavy atom. The van der Waals surface area contributed by atoms with Gasteiger partial charge in [0.2, 0.25) is 0 Å². The average Bonchev–Trinajstić information content (AvgIpc) is 3.04. The number of sulfone groups is 1. The fraction of sp³-hybridized carbons (Fsp3) is 0.429. The third-order valence-electron chi connectivity index (χ3n) is 3.14. The summed E-state index contributed by atoms with van der Waals surface area (Å²) in [5.41, 5.74) is 0.556. The molecule has 0 aromatic carbocycles. The summed E-state index contributed by atoms with van der Waals surface area (Å²) < 4.78 is 25.6. The van der Waals surface area contributed by atoms with Gasteiger partial charge in [0.1, 0.15) is 15.5 Å². The van der Waals surface area contributed by atoms with E-state index in [-0.39, 0.29) is 24.2 Å². The first kappa shape index (κ1) is 16.3. The lowest BCUT2D eigenvalue weighted by Gasteiger charge is -2.12. The summed E-state index contributed by atoms with van der Waals surface area (Å²) in [6.07, 6.45) is 4.67. The SMILES string of the molecule is CC(C)n1cccc1C(=O)Nc1ccn(CCS(C)(=O)=O)n1. The Hall–Kier alpha value is -2.09. The van der Waals surface area contributed by atoms with E-state index in [0.717, 1.165) is 0 Å². The number of nitrogens with one attached hydrogen (secondary N) is 1. The van der Waals surface area contributed by atoms with Crippen LogP contribution in [0.4, 0.5) is 5.82 Å². The van der Waals surface area contributed by atoms with E-state index in [4.69, 9.17) is 0 Å². The summed E-state index contributed by atoms with van der Waals surface area (Å²) >= 11 is 0. The van der Waals surface area contributed by atoms with E-state index in [1.54, 1.807) is 18.3 Å². The van der Waals surface area contributed by atoms with Crippen LogP contribution in [0.25, 0.3) is 0 Å². The fourth-order valence-electron chi connectivity index (χ4n) is 2.03. The number of aryl methyl sites for hydroxylation is 1. The van der Waals surface area contributed by atoms with Crippen molar-refractivity contribution in [1.82, 2.24) is 14.3 Å². The molecule has 8 heteroatoms. The molecule has 2 rings (SSSR count). The van der Waals surface area contributed by atoms with Crippen molar-refractivity contribution in [3.8, 4) is 0 Å². The number of hydrogen-bond acceptors (Lipinski definition) is 4. The van der Waals surface area contributed by atoms with Crippen molar-refractivity contribution in [2.75, 3.05) is 17.3 Å². The van der Waals surface area contributed by atoms with E-state index >= 15 is 0 Å². The minimum atomic E-state index is -3.04. The molecule has 0 atom stereocenters. The van der Waals surface area contributed by atoms with Crippen LogP contribution in [0, 0.1) is 0 Å². The molecule has 120 valence electrons. The maximum atomic E-state index is 12.2. The van der Waals surface area contributed by atoms with E-state index in [9.17, 15) is 13.2 Å². The number of anilines is 1. The molecule has 2 heterocycles. The summed E-state index contributed by atoms with van der Waals surface area (Å²) in [6, 6.07) is 5.39. The zero-order valence-electron chi connectivity index (χ0n) is 12.9. The van der Waals surface area contributed by atoms with Gasteiger partial charge < -0.3 is 9.88 Å². The molecule has 7 nitrogen and oxygen atoms in total. The van der Waals surface area contributed by atoms with Gasteiger partial charge >= 0.3 is 0 Å². The summed E-state index contributed by atoms with van der Waals surface area (Å²) in [5.74, 6) is 0.167. The Kier molecular flexibility index (Phi) is 4.70. The van der Waals surface area contributed by atoms with Crippen molar-refractivity contribution >= 4 is 21.6 Å². The molecule has 0 fully saturated rings. The van der Waals surface area contributed by atoms with Gasteiger partial charge in [-0.25, -0.2) is 8.42 Å². The topological polar surface area (TPSA) is 86.0 Å². The lowest BCUT2D eigenvalue weighted by molar-refractivity contribution is 0.101. The standard InChI is InChI=1S/C14H20N4O3S/c1-11(2)18-7-4-5-12(18)14(19)15-13-6-8-17(16-13)9-10-22(3,20)21/h4-8,11H,9-10H2,1-3H3,(H,15,16,19). The molecule has 0 aliphatic carbocycles. The summed E-state index contributed by atoms with van der Waals surface area (Å²) in [7, 11) is -3.04. The maximum absolute atomic E-state index is 12.2. The van der Waals surface area contributed by atoms with Gasteiger partial charge in [0.15, 0.2) is 5.82 Å². The van der Waals surface area contributed by atoms with Gasteiger partial charge in [0.05, 0.1) is 12.3 Å². The molecule has 0 bridgehead atoms. The molecule has 0 aliphatic heterocycles. The first-order valence-electron chi connectivity index (χ1n) is 6.95. The van der Waals surface area contributed by atoms with Gasteiger partial charge in [-0.2, -0.15) is 5.10 Å². The van der Waals surface area contributed by atoms with Crippen LogP contribution in [0.15, 0.2) is 30.6 Å². The largest absolute Gasteiger partial charge is 0.341 e. The molecule has 0 saturated carbocycles. The molecule has 0 saturated heterocycles. The smallest absolute Gasteiger partial charge is 0.273 e. The second-order valence-electron chi connectivity index (χ2n) is 5.44. The second kappa shape index (κ2) is 6.35. The third-order valence-corrected chi connectivity index (χ3v) is 4.07. The van der Waals surface area contributed by atoms with Crippen molar-refractivity contribution in [2.24, 2.45) is 0 Å². The zero-order chi connectivity index (χ0) is 16.3. The highest BCUT2D eigenvalue weighted by Gasteiger charge is 2.14. The predicted molar refractivity (Wildman–Crippen MR) is 84.7 cm³/mol. The second-order valence-corrected chi connectivity index (χ2v) is 7.70. The van der Waals surface area contributed by atoms with E-state index < -0.39 is 9.84 Å². The minimum absolute atomic E-state index is 0.0122. The van der Waals surface area contributed by atoms with E-state index in [1.165, 1.54) is 10.9 Å². The van der Waals surface area contributed by atoms with Crippen LogP contribution in [-0.2, 0) is 16.4 Å². The molecule has 1 N–H and O–H groups in total. The first-order chi connectivity index (χ1) is 10.3. The number of amides is 1. The molecular formula is C14H20N4O3S. The molecule has 0 radical (unpaired) electrons. The van der Waals surface area contributed by atoms with Gasteiger partial charge in [-0.05, 0) is 26.0 Å². The van der Waals surface area contributed by atoms with Crippen LogP contribution in [-0.4, -0.2) is 40.7 Å². The van der Waals surface area contributed by atoms with Gasteiger partial charge in [-0.15, -0.1) is 0 Å². The van der Waals surface area contributed by atoms with Gasteiger partial charge in [-0.1, -0.05) is 0 Å². The van der Waals surface area contributed by atoms with E-state index in [0.29, 0.717) is 11.5 Å². The monoisotopic (exact) mass is 324 g/mol. The normalized spacial score (nSPS) is 11.8. The lowest BCUT2D eigenvalue weighted by atomic mass is 10.3. The molecule has 2 aromatic rings. The summed E-state index contributed by atoms with van der Waals surface area (Å²) in [6.45, 7) is 4.25. The highest BCUT2D eigenvalue weighted by atomic mass is 32.2. The highest BCUT2D eigenvalue weighted by molar-refractivity contribution is 7.90. The maximum Gasteiger partial charge on any atom is 0.273 e. The van der Waals surface area contributed by atoms with Crippen LogP contribution in [0.5, 0.6) is 0 Å². The molecule has 0 spiro atoms. The van der Waals surface area contributed by atoms with Crippen molar-refractivity contribution in [1.29, 1.82) is 0 Å². The number of carbonyl (C=O) groups excluding carboxylic acids is 1. The Labute approximate surface area is 129 Å². The molecule has 22 heavy (non-hydrogen) atoms. The number of aromatic nitrogens is 3. The molecule has 1 amide bonds. The molecule has 0 aliphatic rings.